The van der Waals surface area contributed by atoms with Crippen molar-refractivity contribution >= 4 is 27.6 Å². The molecule has 0 amide bonds. The van der Waals surface area contributed by atoms with E-state index < -0.39 is 16.1 Å². The molecule has 0 spiro atoms. The van der Waals surface area contributed by atoms with E-state index in [0.29, 0.717) is 11.3 Å². The van der Waals surface area contributed by atoms with Crippen LogP contribution in [0.3, 0.4) is 0 Å². The number of nitrogens with one attached hydrogen (secondary N) is 1. The summed E-state index contributed by atoms with van der Waals surface area (Å²) in [6.45, 7) is 1.68. The Hall–Kier alpha value is -1.51. The molecule has 0 saturated heterocycles. The molecule has 0 saturated carbocycles. The average molecular weight is 286 g/mol. The summed E-state index contributed by atoms with van der Waals surface area (Å²) in [5.41, 5.74) is 0. The Balaban J connectivity index is 2.19. The second-order valence-electron chi connectivity index (χ2n) is 3.49. The molecule has 1 unspecified atom stereocenters. The molecule has 2 aromatic heterocycles. The highest BCUT2D eigenvalue weighted by atomic mass is 32.2. The molecule has 6 nitrogen and oxygen atoms in total. The van der Waals surface area contributed by atoms with Gasteiger partial charge in [0.15, 0.2) is 12.0 Å². The fourth-order valence-corrected chi connectivity index (χ4v) is 3.20. The van der Waals surface area contributed by atoms with Gasteiger partial charge < -0.3 is 4.42 Å². The summed E-state index contributed by atoms with van der Waals surface area (Å²) in [7, 11) is -3.78. The predicted octanol–water partition coefficient (Wildman–Crippen LogP) is 1.59. The van der Waals surface area contributed by atoms with Crippen molar-refractivity contribution < 1.29 is 17.6 Å². The van der Waals surface area contributed by atoms with Gasteiger partial charge in [-0.15, -0.1) is 11.3 Å². The molecule has 0 aromatic carbocycles. The van der Waals surface area contributed by atoms with Gasteiger partial charge in [0.2, 0.25) is 5.09 Å². The van der Waals surface area contributed by atoms with Gasteiger partial charge in [-0.2, -0.15) is 4.72 Å². The molecule has 8 heteroatoms. The minimum absolute atomic E-state index is 0.0303. The molecular weight excluding hydrogens is 276 g/mol. The summed E-state index contributed by atoms with van der Waals surface area (Å²) < 4.78 is 31.1. The topological polar surface area (TPSA) is 89.3 Å². The lowest BCUT2D eigenvalue weighted by atomic mass is 10.4. The molecule has 1 atom stereocenters. The molecule has 18 heavy (non-hydrogen) atoms. The first-order valence-electron chi connectivity index (χ1n) is 4.99. The first-order valence-corrected chi connectivity index (χ1v) is 7.36. The number of aldehydes is 1. The van der Waals surface area contributed by atoms with Crippen molar-refractivity contribution in [1.29, 1.82) is 0 Å². The van der Waals surface area contributed by atoms with E-state index in [-0.39, 0.29) is 10.9 Å². The van der Waals surface area contributed by atoms with Crippen LogP contribution in [0.1, 0.15) is 28.5 Å². The Bertz CT molecular complexity index is 631. The molecule has 0 bridgehead atoms. The van der Waals surface area contributed by atoms with Crippen molar-refractivity contribution in [3.63, 3.8) is 0 Å². The first kappa shape index (κ1) is 12.9. The van der Waals surface area contributed by atoms with Crippen LogP contribution in [0.5, 0.6) is 0 Å². The number of hydrogen-bond acceptors (Lipinski definition) is 6. The van der Waals surface area contributed by atoms with Gasteiger partial charge in [0.05, 0.1) is 6.04 Å². The van der Waals surface area contributed by atoms with Crippen LogP contribution < -0.4 is 4.72 Å². The molecule has 1 N–H and O–H groups in total. The van der Waals surface area contributed by atoms with Crippen LogP contribution in [-0.4, -0.2) is 19.7 Å². The van der Waals surface area contributed by atoms with Gasteiger partial charge in [0, 0.05) is 11.6 Å². The van der Waals surface area contributed by atoms with Gasteiger partial charge in [-0.05, 0) is 19.1 Å². The van der Waals surface area contributed by atoms with E-state index in [1.54, 1.807) is 18.5 Å². The van der Waals surface area contributed by atoms with E-state index in [2.05, 4.69) is 9.71 Å². The smallest absolute Gasteiger partial charge is 0.274 e. The van der Waals surface area contributed by atoms with Gasteiger partial charge in [0.25, 0.3) is 10.0 Å². The number of aromatic nitrogens is 1. The van der Waals surface area contributed by atoms with Crippen LogP contribution in [-0.2, 0) is 10.0 Å². The Labute approximate surface area is 108 Å². The van der Waals surface area contributed by atoms with Gasteiger partial charge in [-0.1, -0.05) is 0 Å². The van der Waals surface area contributed by atoms with Crippen molar-refractivity contribution in [3.8, 4) is 0 Å². The molecule has 96 valence electrons. The normalized spacial score (nSPS) is 13.4. The first-order chi connectivity index (χ1) is 8.53. The lowest BCUT2D eigenvalue weighted by Crippen LogP contribution is -2.26. The van der Waals surface area contributed by atoms with Crippen LogP contribution >= 0.6 is 11.3 Å². The molecule has 0 radical (unpaired) electrons. The second kappa shape index (κ2) is 5.01. The highest BCUT2D eigenvalue weighted by Crippen LogP contribution is 2.19. The van der Waals surface area contributed by atoms with E-state index in [1.807, 2.05) is 0 Å². The Morgan fingerprint density at radius 3 is 2.83 bits per heavy atom. The zero-order valence-electron chi connectivity index (χ0n) is 9.36. The molecule has 0 fully saturated rings. The third kappa shape index (κ3) is 2.66. The lowest BCUT2D eigenvalue weighted by molar-refractivity contribution is 0.109. The van der Waals surface area contributed by atoms with Crippen LogP contribution in [0.2, 0.25) is 0 Å². The van der Waals surface area contributed by atoms with E-state index in [9.17, 15) is 13.2 Å². The largest absolute Gasteiger partial charge is 0.440 e. The van der Waals surface area contributed by atoms with E-state index in [1.165, 1.54) is 23.5 Å². The van der Waals surface area contributed by atoms with Crippen molar-refractivity contribution in [3.05, 3.63) is 34.5 Å². The summed E-state index contributed by atoms with van der Waals surface area (Å²) in [6, 6.07) is 2.08. The molecular formula is C10H10N2O4S2. The maximum Gasteiger partial charge on any atom is 0.274 e. The van der Waals surface area contributed by atoms with Gasteiger partial charge in [-0.3, -0.25) is 4.79 Å². The summed E-state index contributed by atoms with van der Waals surface area (Å²) in [4.78, 5) is 14.5. The number of furan rings is 1. The van der Waals surface area contributed by atoms with Crippen molar-refractivity contribution in [1.82, 2.24) is 9.71 Å². The fraction of sp³-hybridized carbons (Fsp3) is 0.200. The second-order valence-corrected chi connectivity index (χ2v) is 6.06. The number of carbonyl (C=O) groups is 1. The average Bonchev–Trinajstić information content (AvgIpc) is 3.00. The minimum Gasteiger partial charge on any atom is -0.440 e. The van der Waals surface area contributed by atoms with Gasteiger partial charge in [-0.25, -0.2) is 13.4 Å². The quantitative estimate of drug-likeness (QED) is 0.843. The van der Waals surface area contributed by atoms with Crippen LogP contribution in [0.25, 0.3) is 0 Å². The maximum absolute atomic E-state index is 11.9. The Kier molecular flexibility index (Phi) is 3.60. The van der Waals surface area contributed by atoms with E-state index in [4.69, 9.17) is 4.42 Å². The summed E-state index contributed by atoms with van der Waals surface area (Å²) in [6.07, 6.45) is 2.05. The molecule has 0 aliphatic rings. The number of sulfonamides is 1. The molecule has 0 aliphatic heterocycles. The zero-order chi connectivity index (χ0) is 13.2. The van der Waals surface area contributed by atoms with Crippen molar-refractivity contribution in [2.45, 2.75) is 18.1 Å². The maximum atomic E-state index is 11.9. The monoisotopic (exact) mass is 286 g/mol. The number of thiazole rings is 1. The number of rotatable bonds is 5. The summed E-state index contributed by atoms with van der Waals surface area (Å²) >= 11 is 1.35. The summed E-state index contributed by atoms with van der Waals surface area (Å²) in [5, 5.41) is 2.13. The van der Waals surface area contributed by atoms with Crippen molar-refractivity contribution in [2.75, 3.05) is 0 Å². The van der Waals surface area contributed by atoms with Crippen LogP contribution in [0, 0.1) is 0 Å². The Morgan fingerprint density at radius 2 is 2.28 bits per heavy atom. The highest BCUT2D eigenvalue weighted by Gasteiger charge is 2.22. The third-order valence-electron chi connectivity index (χ3n) is 2.14. The summed E-state index contributed by atoms with van der Waals surface area (Å²) in [5.74, 6) is -0.0303. The molecule has 2 rings (SSSR count). The minimum atomic E-state index is -3.78. The van der Waals surface area contributed by atoms with Crippen molar-refractivity contribution in [2.24, 2.45) is 0 Å². The molecule has 0 aliphatic carbocycles. The van der Waals surface area contributed by atoms with E-state index >= 15 is 0 Å². The highest BCUT2D eigenvalue weighted by molar-refractivity contribution is 7.89. The molecule has 2 aromatic rings. The fourth-order valence-electron chi connectivity index (χ4n) is 1.33. The number of nitrogens with zero attached hydrogens (tertiary/aromatic N) is 1. The standard InChI is InChI=1S/C10H10N2O4S2/c1-7(10-11-4-5-17-10)12-18(14,15)9-3-2-8(6-13)16-9/h2-7,12H,1H3. The number of carbonyl (C=O) groups excluding carboxylic acids is 1. The SMILES string of the molecule is CC(NS(=O)(=O)c1ccc(C=O)o1)c1nccs1. The molecule has 2 heterocycles. The van der Waals surface area contributed by atoms with Gasteiger partial charge >= 0.3 is 0 Å². The zero-order valence-corrected chi connectivity index (χ0v) is 11.0. The van der Waals surface area contributed by atoms with Crippen LogP contribution in [0.4, 0.5) is 0 Å². The third-order valence-corrected chi connectivity index (χ3v) is 4.51. The van der Waals surface area contributed by atoms with Crippen LogP contribution in [0.15, 0.2) is 33.2 Å². The lowest BCUT2D eigenvalue weighted by Gasteiger charge is -2.09. The predicted molar refractivity (Wildman–Crippen MR) is 64.9 cm³/mol. The number of hydrogen-bond donors (Lipinski definition) is 1. The Morgan fingerprint density at radius 1 is 1.50 bits per heavy atom. The van der Waals surface area contributed by atoms with E-state index in [0.717, 1.165) is 0 Å². The van der Waals surface area contributed by atoms with Gasteiger partial charge in [0.1, 0.15) is 5.01 Å².